The Bertz CT molecular complexity index is 671. The van der Waals surface area contributed by atoms with Crippen molar-refractivity contribution in [2.45, 2.75) is 26.8 Å². The first-order valence-corrected chi connectivity index (χ1v) is 7.29. The van der Waals surface area contributed by atoms with Crippen LogP contribution in [0.5, 0.6) is 0 Å². The quantitative estimate of drug-likeness (QED) is 0.922. The van der Waals surface area contributed by atoms with Crippen LogP contribution in [0.3, 0.4) is 0 Å². The topological polar surface area (TPSA) is 70.8 Å². The summed E-state index contributed by atoms with van der Waals surface area (Å²) in [5.41, 5.74) is 1.01. The highest BCUT2D eigenvalue weighted by atomic mass is 32.1. The molecular formula is C15H17NO4S. The zero-order valence-corrected chi connectivity index (χ0v) is 13.0. The zero-order chi connectivity index (χ0) is 15.6. The van der Waals surface area contributed by atoms with Gasteiger partial charge in [0.25, 0.3) is 5.91 Å². The number of rotatable bonds is 5. The molecule has 0 fully saturated rings. The van der Waals surface area contributed by atoms with Crippen molar-refractivity contribution in [2.75, 3.05) is 7.05 Å². The molecule has 0 atom stereocenters. The first kappa shape index (κ1) is 15.3. The second-order valence-electron chi connectivity index (χ2n) is 4.96. The van der Waals surface area contributed by atoms with Crippen LogP contribution in [0.15, 0.2) is 22.8 Å². The Hall–Kier alpha value is -2.08. The monoisotopic (exact) mass is 307 g/mol. The number of aliphatic carboxylic acids is 1. The second-order valence-corrected chi connectivity index (χ2v) is 6.33. The molecule has 2 rings (SSSR count). The largest absolute Gasteiger partial charge is 0.481 e. The molecule has 0 aromatic carbocycles. The third-order valence-corrected chi connectivity index (χ3v) is 4.10. The van der Waals surface area contributed by atoms with Gasteiger partial charge < -0.3 is 14.4 Å². The summed E-state index contributed by atoms with van der Waals surface area (Å²) in [4.78, 5) is 27.2. The third kappa shape index (κ3) is 3.52. The molecule has 1 N–H and O–H groups in total. The summed E-state index contributed by atoms with van der Waals surface area (Å²) in [6.07, 6.45) is 1.13. The molecule has 0 radical (unpaired) electrons. The molecule has 0 saturated heterocycles. The number of thiophene rings is 1. The number of carbonyl (C=O) groups is 2. The number of carboxylic acid groups (broad SMARTS) is 1. The van der Waals surface area contributed by atoms with Crippen molar-refractivity contribution in [3.05, 3.63) is 45.0 Å². The standard InChI is InChI=1S/C15H17NO4S/c1-9-8-20-12(6-13(17)18)14(9)15(19)16(3)7-11-5-4-10(2)21-11/h4-5,8H,6-7H2,1-3H3,(H,17,18). The van der Waals surface area contributed by atoms with E-state index in [0.717, 1.165) is 4.88 Å². The Morgan fingerprint density at radius 1 is 1.33 bits per heavy atom. The predicted octanol–water partition coefficient (Wildman–Crippen LogP) is 2.86. The smallest absolute Gasteiger partial charge is 0.311 e. The van der Waals surface area contributed by atoms with Gasteiger partial charge >= 0.3 is 5.97 Å². The van der Waals surface area contributed by atoms with Crippen molar-refractivity contribution in [1.29, 1.82) is 0 Å². The van der Waals surface area contributed by atoms with E-state index >= 15 is 0 Å². The number of carbonyl (C=O) groups excluding carboxylic acids is 1. The van der Waals surface area contributed by atoms with E-state index in [-0.39, 0.29) is 18.1 Å². The SMILES string of the molecule is Cc1ccc(CN(C)C(=O)c2c(C)coc2CC(=O)O)s1. The van der Waals surface area contributed by atoms with Gasteiger partial charge in [-0.05, 0) is 26.0 Å². The van der Waals surface area contributed by atoms with Crippen LogP contribution in [-0.4, -0.2) is 28.9 Å². The van der Waals surface area contributed by atoms with Gasteiger partial charge in [0, 0.05) is 22.4 Å². The molecule has 0 aliphatic rings. The highest BCUT2D eigenvalue weighted by Crippen LogP contribution is 2.22. The number of aryl methyl sites for hydroxylation is 2. The Balaban J connectivity index is 2.19. The van der Waals surface area contributed by atoms with Crippen LogP contribution in [-0.2, 0) is 17.8 Å². The molecule has 2 heterocycles. The molecule has 1 amide bonds. The molecule has 21 heavy (non-hydrogen) atoms. The molecule has 112 valence electrons. The summed E-state index contributed by atoms with van der Waals surface area (Å²) in [6, 6.07) is 4.00. The van der Waals surface area contributed by atoms with Gasteiger partial charge in [-0.1, -0.05) is 0 Å². The van der Waals surface area contributed by atoms with Crippen molar-refractivity contribution in [3.63, 3.8) is 0 Å². The van der Waals surface area contributed by atoms with Crippen molar-refractivity contribution < 1.29 is 19.1 Å². The number of furan rings is 1. The van der Waals surface area contributed by atoms with Gasteiger partial charge in [0.1, 0.15) is 12.2 Å². The summed E-state index contributed by atoms with van der Waals surface area (Å²) in [5, 5.41) is 8.88. The predicted molar refractivity (Wildman–Crippen MR) is 79.6 cm³/mol. The maximum Gasteiger partial charge on any atom is 0.311 e. The van der Waals surface area contributed by atoms with Crippen LogP contribution in [0.4, 0.5) is 0 Å². The van der Waals surface area contributed by atoms with Gasteiger partial charge in [-0.2, -0.15) is 0 Å². The van der Waals surface area contributed by atoms with Gasteiger partial charge in [0.05, 0.1) is 18.4 Å². The number of amides is 1. The van der Waals surface area contributed by atoms with Gasteiger partial charge in [-0.15, -0.1) is 11.3 Å². The van der Waals surface area contributed by atoms with Gasteiger partial charge in [-0.25, -0.2) is 0 Å². The Kier molecular flexibility index (Phi) is 4.47. The number of carboxylic acids is 1. The number of nitrogens with zero attached hydrogens (tertiary/aromatic N) is 1. The average Bonchev–Trinajstić information content (AvgIpc) is 2.95. The van der Waals surface area contributed by atoms with Crippen LogP contribution >= 0.6 is 11.3 Å². The summed E-state index contributed by atoms with van der Waals surface area (Å²) < 4.78 is 5.21. The summed E-state index contributed by atoms with van der Waals surface area (Å²) >= 11 is 1.64. The van der Waals surface area contributed by atoms with Crippen molar-refractivity contribution >= 4 is 23.2 Å². The van der Waals surface area contributed by atoms with E-state index in [1.807, 2.05) is 19.1 Å². The van der Waals surface area contributed by atoms with Crippen LogP contribution in [0, 0.1) is 13.8 Å². The first-order chi connectivity index (χ1) is 9.88. The van der Waals surface area contributed by atoms with E-state index < -0.39 is 5.97 Å². The molecule has 0 saturated carbocycles. The van der Waals surface area contributed by atoms with E-state index in [9.17, 15) is 9.59 Å². The van der Waals surface area contributed by atoms with E-state index in [1.165, 1.54) is 11.1 Å². The normalized spacial score (nSPS) is 10.6. The van der Waals surface area contributed by atoms with E-state index in [1.54, 1.807) is 30.2 Å². The fourth-order valence-corrected chi connectivity index (χ4v) is 3.06. The van der Waals surface area contributed by atoms with Crippen LogP contribution in [0.2, 0.25) is 0 Å². The van der Waals surface area contributed by atoms with E-state index in [4.69, 9.17) is 9.52 Å². The Morgan fingerprint density at radius 2 is 2.05 bits per heavy atom. The fraction of sp³-hybridized carbons (Fsp3) is 0.333. The molecule has 0 unspecified atom stereocenters. The molecule has 5 nitrogen and oxygen atoms in total. The van der Waals surface area contributed by atoms with Crippen molar-refractivity contribution in [2.24, 2.45) is 0 Å². The highest BCUT2D eigenvalue weighted by molar-refractivity contribution is 7.11. The minimum Gasteiger partial charge on any atom is -0.481 e. The fourth-order valence-electron chi connectivity index (χ4n) is 2.12. The van der Waals surface area contributed by atoms with Crippen molar-refractivity contribution in [1.82, 2.24) is 4.90 Å². The van der Waals surface area contributed by atoms with Crippen molar-refractivity contribution in [3.8, 4) is 0 Å². The molecule has 0 spiro atoms. The molecule has 0 aliphatic heterocycles. The van der Waals surface area contributed by atoms with Gasteiger partial charge in [-0.3, -0.25) is 9.59 Å². The maximum absolute atomic E-state index is 12.5. The van der Waals surface area contributed by atoms with Gasteiger partial charge in [0.2, 0.25) is 0 Å². The number of hydrogen-bond donors (Lipinski definition) is 1. The molecular weight excluding hydrogens is 290 g/mol. The Morgan fingerprint density at radius 3 is 2.62 bits per heavy atom. The number of hydrogen-bond acceptors (Lipinski definition) is 4. The molecule has 2 aromatic heterocycles. The summed E-state index contributed by atoms with van der Waals surface area (Å²) in [7, 11) is 1.70. The lowest BCUT2D eigenvalue weighted by molar-refractivity contribution is -0.136. The third-order valence-electron chi connectivity index (χ3n) is 3.11. The van der Waals surface area contributed by atoms with Crippen LogP contribution in [0.25, 0.3) is 0 Å². The van der Waals surface area contributed by atoms with E-state index in [2.05, 4.69) is 0 Å². The first-order valence-electron chi connectivity index (χ1n) is 6.48. The lowest BCUT2D eigenvalue weighted by atomic mass is 10.1. The summed E-state index contributed by atoms with van der Waals surface area (Å²) in [5.74, 6) is -1.03. The average molecular weight is 307 g/mol. The minimum atomic E-state index is -1.02. The molecule has 0 bridgehead atoms. The molecule has 6 heteroatoms. The van der Waals surface area contributed by atoms with Crippen LogP contribution in [0.1, 0.15) is 31.4 Å². The lowest BCUT2D eigenvalue weighted by Gasteiger charge is -2.16. The lowest BCUT2D eigenvalue weighted by Crippen LogP contribution is -2.27. The second kappa shape index (κ2) is 6.13. The molecule has 2 aromatic rings. The summed E-state index contributed by atoms with van der Waals surface area (Å²) in [6.45, 7) is 4.25. The Labute approximate surface area is 126 Å². The maximum atomic E-state index is 12.5. The zero-order valence-electron chi connectivity index (χ0n) is 12.2. The highest BCUT2D eigenvalue weighted by Gasteiger charge is 2.23. The van der Waals surface area contributed by atoms with E-state index in [0.29, 0.717) is 17.7 Å². The molecule has 0 aliphatic carbocycles. The minimum absolute atomic E-state index is 0.208. The van der Waals surface area contributed by atoms with Gasteiger partial charge in [0.15, 0.2) is 0 Å². The van der Waals surface area contributed by atoms with Crippen LogP contribution < -0.4 is 0 Å².